The second-order valence-electron chi connectivity index (χ2n) is 13.3. The summed E-state index contributed by atoms with van der Waals surface area (Å²) in [5.74, 6) is -0.675. The number of carbonyl (C=O) groups excluding carboxylic acids is 1. The fourth-order valence-electron chi connectivity index (χ4n) is 5.99. The number of carbonyl (C=O) groups is 1. The molecular formula is C34H67NO12S. The van der Waals surface area contributed by atoms with Crippen LogP contribution in [0.5, 0.6) is 0 Å². The van der Waals surface area contributed by atoms with Gasteiger partial charge in [-0.05, 0) is 12.8 Å². The Morgan fingerprint density at radius 2 is 1.21 bits per heavy atom. The summed E-state index contributed by atoms with van der Waals surface area (Å²) in [5, 5.41) is 54.7. The molecule has 286 valence electrons. The first-order valence-electron chi connectivity index (χ1n) is 18.5. The molecule has 0 aromatic heterocycles. The second-order valence-corrected chi connectivity index (χ2v) is 14.4. The average Bonchev–Trinajstić information content (AvgIpc) is 3.05. The first-order valence-corrected chi connectivity index (χ1v) is 19.9. The molecule has 1 heterocycles. The van der Waals surface area contributed by atoms with Gasteiger partial charge in [-0.3, -0.25) is 9.35 Å². The van der Waals surface area contributed by atoms with Crippen LogP contribution in [-0.4, -0.2) is 107 Å². The number of rotatable bonds is 30. The Balaban J connectivity index is 2.62. The first-order chi connectivity index (χ1) is 22.9. The molecule has 13 nitrogen and oxygen atoms in total. The molecule has 1 aliphatic rings. The molecule has 0 aliphatic carbocycles. The predicted molar refractivity (Wildman–Crippen MR) is 182 cm³/mol. The topological polar surface area (TPSA) is 212 Å². The summed E-state index contributed by atoms with van der Waals surface area (Å²) >= 11 is 0. The number of hydrogen-bond acceptors (Lipinski definition) is 11. The van der Waals surface area contributed by atoms with Crippen molar-refractivity contribution in [3.8, 4) is 0 Å². The molecule has 8 atom stereocenters. The van der Waals surface area contributed by atoms with Crippen molar-refractivity contribution in [1.82, 2.24) is 5.32 Å². The van der Waals surface area contributed by atoms with Gasteiger partial charge in [-0.15, -0.1) is 0 Å². The van der Waals surface area contributed by atoms with Crippen LogP contribution >= 0.6 is 0 Å². The molecule has 1 aliphatic heterocycles. The van der Waals surface area contributed by atoms with Gasteiger partial charge in [-0.1, -0.05) is 136 Å². The summed E-state index contributed by atoms with van der Waals surface area (Å²) in [6.45, 7) is 3.15. The maximum absolute atomic E-state index is 12.9. The van der Waals surface area contributed by atoms with E-state index in [2.05, 4.69) is 23.3 Å². The maximum Gasteiger partial charge on any atom is 0.397 e. The number of nitrogens with one attached hydrogen (secondary N) is 1. The van der Waals surface area contributed by atoms with Crippen LogP contribution in [0, 0.1) is 0 Å². The van der Waals surface area contributed by atoms with Gasteiger partial charge in [-0.25, -0.2) is 4.18 Å². The lowest BCUT2D eigenvalue weighted by Gasteiger charge is -2.41. The summed E-state index contributed by atoms with van der Waals surface area (Å²) in [5.41, 5.74) is 0. The highest BCUT2D eigenvalue weighted by molar-refractivity contribution is 7.80. The van der Waals surface area contributed by atoms with Crippen LogP contribution in [0.2, 0.25) is 0 Å². The van der Waals surface area contributed by atoms with Crippen LogP contribution in [0.4, 0.5) is 0 Å². The van der Waals surface area contributed by atoms with Gasteiger partial charge in [0.05, 0.1) is 25.4 Å². The van der Waals surface area contributed by atoms with E-state index in [1.807, 2.05) is 0 Å². The SMILES string of the molecule is CCCCCCCCCCCCCCCC(O)C(=O)NC(COC1OC(CO)C(O)C(OS(=O)(=O)O)C1O)C(O)CCCCCCCC. The van der Waals surface area contributed by atoms with Crippen LogP contribution in [0.1, 0.15) is 149 Å². The Hall–Kier alpha value is -0.940. The fourth-order valence-corrected chi connectivity index (χ4v) is 6.50. The van der Waals surface area contributed by atoms with Crippen molar-refractivity contribution in [2.75, 3.05) is 13.2 Å². The molecule has 1 rings (SSSR count). The molecule has 0 aromatic carbocycles. The zero-order valence-electron chi connectivity index (χ0n) is 29.4. The Morgan fingerprint density at radius 3 is 1.67 bits per heavy atom. The smallest absolute Gasteiger partial charge is 0.394 e. The Kier molecular flexibility index (Phi) is 25.2. The van der Waals surface area contributed by atoms with Crippen LogP contribution in [0.25, 0.3) is 0 Å². The Morgan fingerprint density at radius 1 is 0.750 bits per heavy atom. The van der Waals surface area contributed by atoms with Gasteiger partial charge in [0.2, 0.25) is 5.91 Å². The number of aliphatic hydroxyl groups excluding tert-OH is 5. The van der Waals surface area contributed by atoms with E-state index in [1.54, 1.807) is 0 Å². The van der Waals surface area contributed by atoms with Gasteiger partial charge in [0.15, 0.2) is 6.29 Å². The highest BCUT2D eigenvalue weighted by atomic mass is 32.3. The lowest BCUT2D eigenvalue weighted by Crippen LogP contribution is -2.61. The molecule has 14 heteroatoms. The van der Waals surface area contributed by atoms with E-state index in [0.29, 0.717) is 19.3 Å². The van der Waals surface area contributed by atoms with Crippen LogP contribution < -0.4 is 5.32 Å². The molecule has 0 saturated carbocycles. The molecule has 8 unspecified atom stereocenters. The minimum atomic E-state index is -5.09. The molecule has 0 spiro atoms. The highest BCUT2D eigenvalue weighted by Gasteiger charge is 2.48. The van der Waals surface area contributed by atoms with E-state index >= 15 is 0 Å². The van der Waals surface area contributed by atoms with Crippen molar-refractivity contribution < 1.29 is 57.0 Å². The quantitative estimate of drug-likeness (QED) is 0.0415. The molecule has 0 aromatic rings. The number of unbranched alkanes of at least 4 members (excludes halogenated alkanes) is 17. The van der Waals surface area contributed by atoms with Gasteiger partial charge < -0.3 is 40.3 Å². The van der Waals surface area contributed by atoms with Gasteiger partial charge in [-0.2, -0.15) is 8.42 Å². The number of amides is 1. The summed E-state index contributed by atoms with van der Waals surface area (Å²) in [7, 11) is -5.09. The maximum atomic E-state index is 12.9. The molecule has 7 N–H and O–H groups in total. The minimum Gasteiger partial charge on any atom is -0.394 e. The van der Waals surface area contributed by atoms with Crippen molar-refractivity contribution in [1.29, 1.82) is 0 Å². The second kappa shape index (κ2) is 26.8. The largest absolute Gasteiger partial charge is 0.397 e. The summed E-state index contributed by atoms with van der Waals surface area (Å²) in [4.78, 5) is 12.9. The predicted octanol–water partition coefficient (Wildman–Crippen LogP) is 4.07. The van der Waals surface area contributed by atoms with Crippen molar-refractivity contribution in [2.45, 2.75) is 198 Å². The summed E-state index contributed by atoms with van der Waals surface area (Å²) < 4.78 is 47.1. The van der Waals surface area contributed by atoms with E-state index in [9.17, 15) is 38.7 Å². The Bertz CT molecular complexity index is 911. The van der Waals surface area contributed by atoms with Crippen molar-refractivity contribution in [3.63, 3.8) is 0 Å². The normalized spacial score (nSPS) is 23.5. The van der Waals surface area contributed by atoms with E-state index in [0.717, 1.165) is 51.4 Å². The van der Waals surface area contributed by atoms with E-state index in [1.165, 1.54) is 57.8 Å². The zero-order chi connectivity index (χ0) is 35.8. The molecule has 1 saturated heterocycles. The molecule has 0 bridgehead atoms. The lowest BCUT2D eigenvalue weighted by atomic mass is 9.99. The first kappa shape index (κ1) is 45.1. The van der Waals surface area contributed by atoms with Crippen molar-refractivity contribution in [3.05, 3.63) is 0 Å². The van der Waals surface area contributed by atoms with Crippen LogP contribution in [0.3, 0.4) is 0 Å². The molecule has 1 fully saturated rings. The number of aliphatic hydroxyl groups is 5. The standard InChI is InChI=1S/C34H67NO12S/c1-3-5-7-9-11-12-13-14-15-16-17-19-21-23-28(38)33(41)35-26(27(37)22-20-18-10-8-6-4-2)25-45-34-31(40)32(47-48(42,43)44)30(39)29(24-36)46-34/h26-32,34,36-40H,3-25H2,1-2H3,(H,35,41)(H,42,43,44). The molecule has 1 amide bonds. The van der Waals surface area contributed by atoms with Gasteiger partial charge in [0.1, 0.15) is 30.5 Å². The summed E-state index contributed by atoms with van der Waals surface area (Å²) in [6.07, 6.45) is 10.7. The average molecular weight is 714 g/mol. The number of ether oxygens (including phenoxy) is 2. The van der Waals surface area contributed by atoms with Gasteiger partial charge >= 0.3 is 10.4 Å². The molecule has 48 heavy (non-hydrogen) atoms. The van der Waals surface area contributed by atoms with E-state index in [-0.39, 0.29) is 6.42 Å². The third kappa shape index (κ3) is 20.0. The van der Waals surface area contributed by atoms with Crippen molar-refractivity contribution in [2.24, 2.45) is 0 Å². The van der Waals surface area contributed by atoms with E-state index < -0.39 is 78.5 Å². The monoisotopic (exact) mass is 713 g/mol. The van der Waals surface area contributed by atoms with E-state index in [4.69, 9.17) is 14.0 Å². The Labute approximate surface area is 289 Å². The summed E-state index contributed by atoms with van der Waals surface area (Å²) in [6, 6.07) is -1.02. The third-order valence-electron chi connectivity index (χ3n) is 9.02. The lowest BCUT2D eigenvalue weighted by molar-refractivity contribution is -0.298. The molecular weight excluding hydrogens is 646 g/mol. The molecule has 0 radical (unpaired) electrons. The van der Waals surface area contributed by atoms with Crippen molar-refractivity contribution >= 4 is 16.3 Å². The fraction of sp³-hybridized carbons (Fsp3) is 0.971. The van der Waals surface area contributed by atoms with Crippen LogP contribution in [0.15, 0.2) is 0 Å². The van der Waals surface area contributed by atoms with Crippen LogP contribution in [-0.2, 0) is 28.9 Å². The van der Waals surface area contributed by atoms with Gasteiger partial charge in [0, 0.05) is 0 Å². The highest BCUT2D eigenvalue weighted by Crippen LogP contribution is 2.26. The number of hydrogen-bond donors (Lipinski definition) is 7. The third-order valence-corrected chi connectivity index (χ3v) is 9.49. The minimum absolute atomic E-state index is 0.264. The van der Waals surface area contributed by atoms with Gasteiger partial charge in [0.25, 0.3) is 0 Å². The zero-order valence-corrected chi connectivity index (χ0v) is 30.2.